The number of nitrogens with one attached hydrogen (secondary N) is 11. The molecule has 0 spiro atoms. The van der Waals surface area contributed by atoms with Gasteiger partial charge >= 0.3 is 93.4 Å². The Kier molecular flexibility index (Phi) is 57.3. The Morgan fingerprint density at radius 2 is 0.662 bits per heavy atom. The summed E-state index contributed by atoms with van der Waals surface area (Å²) in [6.45, 7) is 3.65. The highest BCUT2D eigenvalue weighted by molar-refractivity contribution is 7.99. The van der Waals surface area contributed by atoms with E-state index in [-0.39, 0.29) is 127 Å². The second-order valence-corrected chi connectivity index (χ2v) is 48.2. The van der Waals surface area contributed by atoms with Gasteiger partial charge in [-0.25, -0.2) is 58.9 Å². The van der Waals surface area contributed by atoms with Crippen LogP contribution in [-0.2, 0) is 157 Å². The molecule has 0 saturated heterocycles. The average Bonchev–Trinajstić information content (AvgIpc) is 0.747. The van der Waals surface area contributed by atoms with Gasteiger partial charge in [-0.2, -0.15) is 129 Å². The molecule has 148 heavy (non-hydrogen) atoms. The van der Waals surface area contributed by atoms with Crippen molar-refractivity contribution < 1.29 is 144 Å². The van der Waals surface area contributed by atoms with Crippen molar-refractivity contribution >= 4 is 359 Å². The summed E-state index contributed by atoms with van der Waals surface area (Å²) in [4.78, 5) is -0.672. The molecular weight excluding hydrogens is 2510 g/mol. The predicted molar refractivity (Wildman–Crippen MR) is 557 cm³/mol. The van der Waals surface area contributed by atoms with Crippen LogP contribution in [0.5, 0.6) is 0 Å². The molecule has 25 N–H and O–H groups in total. The average molecular weight is 2590 g/mol. The summed E-state index contributed by atoms with van der Waals surface area (Å²) in [7, 11) is -21.1. The van der Waals surface area contributed by atoms with Gasteiger partial charge in [0.05, 0.1) is 141 Å². The molecule has 49 nitrogen and oxygen atoms in total. The number of fused-ring (bicyclic) bond motifs is 7. The molecule has 80 heteroatoms. The van der Waals surface area contributed by atoms with Gasteiger partial charge in [0, 0.05) is 44.1 Å². The first kappa shape index (κ1) is 137. The van der Waals surface area contributed by atoms with Gasteiger partial charge in [0.1, 0.15) is 63.8 Å². The van der Waals surface area contributed by atoms with Crippen molar-refractivity contribution in [3.05, 3.63) is 133 Å². The van der Waals surface area contributed by atoms with E-state index in [2.05, 4.69) is 62.7 Å². The van der Waals surface area contributed by atoms with Crippen molar-refractivity contribution in [1.29, 1.82) is 0 Å². The number of rotatable bonds is 10. The SMILES string of the molecule is C=CCSCC1Nc2cc(Cl)c(N)cc2S(=O)(=O)N1C.CN1C(CCl)Nc2cc(Cl)c(N)cc2S1(=O)=O.CN1C(CSCC(F)(F)F)Nc2cc(Cl)c(N)cc2S1(=O)=O.Nc1cc2c(cc1C(F)(F)F)NCNS2(=O)=O.Nc1cc2c(cc1Cl)NC(C(Cl)Cl)NS2(=O)=O.Nc1cc2c(cc1Cl)NC(C1CCCCC1)NS2(=O)=O.Nc1cc2c(cc1Cl)NCNS2(=O)=O.O=S=O.O=S=O.O=S=O.O=S=O.O=S=O.O=S=O.O=S=O. The highest BCUT2D eigenvalue weighted by Crippen LogP contribution is 2.45. The minimum atomic E-state index is -4.62. The van der Waals surface area contributed by atoms with E-state index < -0.39 is 204 Å². The number of nitrogen functional groups attached to an aromatic ring is 7. The maximum absolute atomic E-state index is 12.5. The maximum atomic E-state index is 12.5. The largest absolute Gasteiger partial charge is 0.418 e. The molecule has 7 aliphatic heterocycles. The minimum Gasteiger partial charge on any atom is -0.398 e. The fourth-order valence-corrected chi connectivity index (χ4v) is 25.6. The van der Waals surface area contributed by atoms with Crippen LogP contribution in [0.3, 0.4) is 0 Å². The van der Waals surface area contributed by atoms with E-state index in [1.807, 2.05) is 0 Å². The first-order valence-corrected chi connectivity index (χ1v) is 59.5. The summed E-state index contributed by atoms with van der Waals surface area (Å²) in [6.07, 6.45) is -4.20. The molecule has 7 aromatic carbocycles. The molecular formula is C68H82Cl9F6N21O28S16. The number of nitrogens with two attached hydrogens (primary N) is 7. The Bertz CT molecular complexity index is 6920. The quantitative estimate of drug-likeness (QED) is 0.0207. The van der Waals surface area contributed by atoms with Crippen LogP contribution in [0, 0.1) is 5.92 Å². The third-order valence-electron chi connectivity index (χ3n) is 19.3. The number of sulfonamides is 7. The minimum absolute atomic E-state index is 0.0182. The highest BCUT2D eigenvalue weighted by atomic mass is 35.5. The lowest BCUT2D eigenvalue weighted by atomic mass is 9.87. The second kappa shape index (κ2) is 62.1. The Morgan fingerprint density at radius 3 is 0.980 bits per heavy atom. The first-order valence-electron chi connectivity index (χ1n) is 38.6. The normalized spacial score (nSPS) is 19.0. The van der Waals surface area contributed by atoms with Crippen LogP contribution >= 0.6 is 128 Å². The summed E-state index contributed by atoms with van der Waals surface area (Å²) in [5.41, 5.74) is 40.9. The Balaban J connectivity index is 0.000000566. The number of halogens is 15. The van der Waals surface area contributed by atoms with Crippen LogP contribution in [0.15, 0.2) is 132 Å². The zero-order valence-corrected chi connectivity index (χ0v) is 94.3. The van der Waals surface area contributed by atoms with E-state index in [4.69, 9.17) is 203 Å². The summed E-state index contributed by atoms with van der Waals surface area (Å²) in [5, 5.41) is 22.3. The fourth-order valence-electron chi connectivity index (χ4n) is 12.6. The van der Waals surface area contributed by atoms with Gasteiger partial charge in [-0.3, -0.25) is 0 Å². The van der Waals surface area contributed by atoms with Crippen molar-refractivity contribution in [2.24, 2.45) is 5.92 Å². The van der Waals surface area contributed by atoms with Gasteiger partial charge in [-0.05, 0) is 104 Å². The molecule has 5 unspecified atom stereocenters. The smallest absolute Gasteiger partial charge is 0.398 e. The number of thioether (sulfide) groups is 2. The number of hydrogen-bond acceptors (Lipinski definition) is 44. The number of nitrogens with zero attached hydrogens (tertiary/aromatic N) is 3. The van der Waals surface area contributed by atoms with E-state index in [0.717, 1.165) is 41.8 Å². The molecule has 7 aromatic rings. The molecule has 7 heterocycles. The molecule has 828 valence electrons. The fraction of sp³-hybridized carbons (Fsp3) is 0.353. The van der Waals surface area contributed by atoms with Crippen molar-refractivity contribution in [1.82, 2.24) is 31.8 Å². The second-order valence-electron chi connectivity index (χ2n) is 28.5. The maximum Gasteiger partial charge on any atom is 0.418 e. The van der Waals surface area contributed by atoms with Gasteiger partial charge in [0.25, 0.3) is 0 Å². The molecule has 15 rings (SSSR count). The molecule has 8 aliphatic rings. The lowest BCUT2D eigenvalue weighted by molar-refractivity contribution is -0.137. The van der Waals surface area contributed by atoms with E-state index in [1.54, 1.807) is 37.0 Å². The van der Waals surface area contributed by atoms with Crippen LogP contribution in [0.1, 0.15) is 37.7 Å². The monoisotopic (exact) mass is 2580 g/mol. The van der Waals surface area contributed by atoms with Crippen LogP contribution in [0.25, 0.3) is 0 Å². The van der Waals surface area contributed by atoms with Gasteiger partial charge in [-0.1, -0.05) is 94.9 Å². The van der Waals surface area contributed by atoms with Crippen molar-refractivity contribution in [3.8, 4) is 0 Å². The van der Waals surface area contributed by atoms with E-state index >= 15 is 0 Å². The first-order chi connectivity index (χ1) is 68.7. The van der Waals surface area contributed by atoms with Crippen LogP contribution < -0.4 is 96.2 Å². The summed E-state index contributed by atoms with van der Waals surface area (Å²) in [5.74, 6) is 0.732. The van der Waals surface area contributed by atoms with Gasteiger partial charge < -0.3 is 77.4 Å². The molecule has 5 atom stereocenters. The number of benzene rings is 7. The number of alkyl halides is 9. The third-order valence-corrected chi connectivity index (χ3v) is 35.7. The Morgan fingerprint density at radius 1 is 0.385 bits per heavy atom. The molecule has 0 radical (unpaired) electrons. The third kappa shape index (κ3) is 39.8. The van der Waals surface area contributed by atoms with Crippen molar-refractivity contribution in [2.75, 3.05) is 141 Å². The summed E-state index contributed by atoms with van der Waals surface area (Å²) < 4.78 is 372. The standard InChI is InChI=1S/C13H18ClN3O2S.C12H16ClN3O2S2.C11H13ClF3N3O2S2.C9H11Cl2N3O2S.C8H8Cl3N3O2S.C8H8F3N3O2S.C7H8ClN3O2S.7O2S/c14-9-6-11-12(7-10(9)15)20(18,19)17-13(16-11)8-4-2-1-3-5-8;1-3-4-19-7-12-15-10-5-8(13)9(14)6-11(10)20(17,18)16(12)2;1-18-10(4-21-5-11(13,14)15)17-8-2-6(12)7(16)3-9(8)22(18,19)20;1-14-9(4-10)13-7-2-5(11)6(12)3-8(7)17(14,15)16;9-3-1-5-6(2-4(3)12)17(15,16)14-8(13-5)7(10)11;9-8(10,11)4-1-6-7(2-5(4)12)17(15,16)14-3-13-6;8-4-1-6-7(2-5(4)9)14(12,13)11-3-10-6;7*1-3-2/h6-8,13,16-17H,1-5,15H2;3,5-6,12,15H,1,4,7,14H2,2H3;2-3,10,17H,4-5,16H2,1H3;2-3,9,13H,4,12H2,1H3;1-2,7-8,13-14H,12H2;1-2,13-14H,3,12H2;1-2,10-11H,3,9H2;;;;;;;. The molecule has 1 saturated carbocycles. The topological polar surface area (TPSA) is 802 Å². The number of anilines is 14. The van der Waals surface area contributed by atoms with Crippen molar-refractivity contribution in [3.63, 3.8) is 0 Å². The summed E-state index contributed by atoms with van der Waals surface area (Å²) in [6, 6.07) is 18.4. The van der Waals surface area contributed by atoms with Crippen LogP contribution in [-0.4, -0.2) is 236 Å². The highest BCUT2D eigenvalue weighted by Gasteiger charge is 2.43. The van der Waals surface area contributed by atoms with E-state index in [1.165, 1.54) is 89.8 Å². The lowest BCUT2D eigenvalue weighted by Crippen LogP contribution is -2.49. The lowest BCUT2D eigenvalue weighted by Gasteiger charge is -2.35. The number of hydrogen-bond donors (Lipinski definition) is 18. The van der Waals surface area contributed by atoms with E-state index in [9.17, 15) is 85.3 Å². The Hall–Kier alpha value is -7.52. The molecule has 1 fully saturated rings. The van der Waals surface area contributed by atoms with Crippen LogP contribution in [0.2, 0.25) is 30.1 Å². The van der Waals surface area contributed by atoms with Gasteiger partial charge in [0.2, 0.25) is 70.2 Å². The van der Waals surface area contributed by atoms with Gasteiger partial charge in [0.15, 0.2) is 0 Å². The molecule has 0 bridgehead atoms. The van der Waals surface area contributed by atoms with Crippen LogP contribution in [0.4, 0.5) is 106 Å². The zero-order valence-electron chi connectivity index (χ0n) is 74.4. The molecule has 0 amide bonds. The predicted octanol–water partition coefficient (Wildman–Crippen LogP) is 7.47. The van der Waals surface area contributed by atoms with E-state index in [0.29, 0.717) is 78.0 Å². The Labute approximate surface area is 919 Å². The van der Waals surface area contributed by atoms with Gasteiger partial charge in [-0.15, -0.1) is 53.1 Å². The van der Waals surface area contributed by atoms with Crippen molar-refractivity contribution in [2.45, 2.75) is 114 Å². The molecule has 1 aliphatic carbocycles. The summed E-state index contributed by atoms with van der Waals surface area (Å²) >= 11 is 49.2. The molecule has 0 aromatic heterocycles. The zero-order chi connectivity index (χ0) is 114.